The zero-order valence-corrected chi connectivity index (χ0v) is 12.7. The zero-order valence-electron chi connectivity index (χ0n) is 11.9. The molecule has 0 spiro atoms. The number of likely N-dealkylation sites (N-methyl/N-ethyl adjacent to an activating group) is 1. The summed E-state index contributed by atoms with van der Waals surface area (Å²) < 4.78 is 5.42. The van der Waals surface area contributed by atoms with Crippen molar-refractivity contribution in [1.29, 1.82) is 0 Å². The molecule has 1 atom stereocenters. The minimum Gasteiger partial charge on any atom is -0.496 e. The van der Waals surface area contributed by atoms with Crippen molar-refractivity contribution in [3.63, 3.8) is 0 Å². The molecule has 1 aromatic carbocycles. The summed E-state index contributed by atoms with van der Waals surface area (Å²) in [7, 11) is 3.67. The van der Waals surface area contributed by atoms with Crippen LogP contribution in [0.2, 0.25) is 0 Å². The molecule has 0 aliphatic rings. The predicted molar refractivity (Wildman–Crippen MR) is 81.2 cm³/mol. The summed E-state index contributed by atoms with van der Waals surface area (Å²) in [5.74, 6) is 1.31. The summed E-state index contributed by atoms with van der Waals surface area (Å²) in [6.45, 7) is 5.21. The van der Waals surface area contributed by atoms with Gasteiger partial charge in [0.2, 0.25) is 0 Å². The van der Waals surface area contributed by atoms with Gasteiger partial charge in [0, 0.05) is 23.4 Å². The van der Waals surface area contributed by atoms with Crippen molar-refractivity contribution in [2.24, 2.45) is 0 Å². The van der Waals surface area contributed by atoms with E-state index >= 15 is 0 Å². The lowest BCUT2D eigenvalue weighted by Crippen LogP contribution is -2.14. The van der Waals surface area contributed by atoms with Crippen molar-refractivity contribution in [3.8, 4) is 17.0 Å². The van der Waals surface area contributed by atoms with E-state index in [0.717, 1.165) is 28.6 Å². The maximum absolute atomic E-state index is 5.42. The summed E-state index contributed by atoms with van der Waals surface area (Å²) in [4.78, 5) is 4.75. The number of methoxy groups -OCH3 is 1. The maximum atomic E-state index is 5.42. The van der Waals surface area contributed by atoms with Crippen molar-refractivity contribution in [2.45, 2.75) is 19.8 Å². The number of hydrogen-bond acceptors (Lipinski definition) is 4. The van der Waals surface area contributed by atoms with Gasteiger partial charge in [-0.15, -0.1) is 11.3 Å². The Morgan fingerprint density at radius 1 is 1.42 bits per heavy atom. The van der Waals surface area contributed by atoms with E-state index in [1.807, 2.05) is 13.1 Å². The molecular formula is C15H20N2OS. The quantitative estimate of drug-likeness (QED) is 0.908. The van der Waals surface area contributed by atoms with E-state index in [9.17, 15) is 0 Å². The van der Waals surface area contributed by atoms with Gasteiger partial charge in [-0.05, 0) is 26.1 Å². The first-order chi connectivity index (χ1) is 9.15. The standard InChI is InChI=1S/C15H20N2OS/c1-10-5-6-14(18-4)12(7-10)13-9-19-15(17-13)11(2)8-16-3/h5-7,9,11,16H,8H2,1-4H3. The molecule has 0 saturated heterocycles. The molecular weight excluding hydrogens is 256 g/mol. The second-order valence-corrected chi connectivity index (χ2v) is 5.62. The van der Waals surface area contributed by atoms with Crippen molar-refractivity contribution in [3.05, 3.63) is 34.2 Å². The Labute approximate surface area is 118 Å². The predicted octanol–water partition coefficient (Wildman–Crippen LogP) is 3.45. The zero-order chi connectivity index (χ0) is 13.8. The van der Waals surface area contributed by atoms with Crippen molar-refractivity contribution < 1.29 is 4.74 Å². The van der Waals surface area contributed by atoms with Gasteiger partial charge in [-0.1, -0.05) is 18.6 Å². The number of rotatable bonds is 5. The molecule has 0 aliphatic heterocycles. The van der Waals surface area contributed by atoms with Gasteiger partial charge in [0.05, 0.1) is 17.8 Å². The van der Waals surface area contributed by atoms with Crippen LogP contribution in [-0.2, 0) is 0 Å². The van der Waals surface area contributed by atoms with E-state index in [1.165, 1.54) is 5.56 Å². The highest BCUT2D eigenvalue weighted by atomic mass is 32.1. The molecule has 1 heterocycles. The van der Waals surface area contributed by atoms with Crippen LogP contribution in [0.3, 0.4) is 0 Å². The molecule has 0 bridgehead atoms. The van der Waals surface area contributed by atoms with Gasteiger partial charge in [0.1, 0.15) is 5.75 Å². The van der Waals surface area contributed by atoms with Crippen LogP contribution in [0.4, 0.5) is 0 Å². The molecule has 0 radical (unpaired) electrons. The highest BCUT2D eigenvalue weighted by Crippen LogP contribution is 2.33. The first-order valence-corrected chi connectivity index (χ1v) is 7.28. The van der Waals surface area contributed by atoms with Crippen LogP contribution in [0.15, 0.2) is 23.6 Å². The lowest BCUT2D eigenvalue weighted by molar-refractivity contribution is 0.416. The van der Waals surface area contributed by atoms with Gasteiger partial charge in [-0.2, -0.15) is 0 Å². The number of nitrogens with one attached hydrogen (secondary N) is 1. The highest BCUT2D eigenvalue weighted by molar-refractivity contribution is 7.10. The number of ether oxygens (including phenoxy) is 1. The van der Waals surface area contributed by atoms with E-state index in [4.69, 9.17) is 9.72 Å². The molecule has 102 valence electrons. The van der Waals surface area contributed by atoms with E-state index < -0.39 is 0 Å². The molecule has 0 saturated carbocycles. The number of thiazole rings is 1. The van der Waals surface area contributed by atoms with Crippen LogP contribution >= 0.6 is 11.3 Å². The number of hydrogen-bond donors (Lipinski definition) is 1. The largest absolute Gasteiger partial charge is 0.496 e. The molecule has 1 N–H and O–H groups in total. The molecule has 1 unspecified atom stereocenters. The topological polar surface area (TPSA) is 34.2 Å². The summed E-state index contributed by atoms with van der Waals surface area (Å²) in [5, 5.41) is 6.46. The molecule has 19 heavy (non-hydrogen) atoms. The summed E-state index contributed by atoms with van der Waals surface area (Å²) in [6.07, 6.45) is 0. The Morgan fingerprint density at radius 3 is 2.89 bits per heavy atom. The molecule has 0 amide bonds. The van der Waals surface area contributed by atoms with Crippen molar-refractivity contribution in [1.82, 2.24) is 10.3 Å². The first kappa shape index (κ1) is 14.0. The van der Waals surface area contributed by atoms with E-state index in [0.29, 0.717) is 5.92 Å². The normalized spacial score (nSPS) is 12.4. The molecule has 1 aromatic heterocycles. The lowest BCUT2D eigenvalue weighted by atomic mass is 10.1. The average molecular weight is 276 g/mol. The van der Waals surface area contributed by atoms with Crippen LogP contribution in [0, 0.1) is 6.92 Å². The fourth-order valence-electron chi connectivity index (χ4n) is 2.05. The van der Waals surface area contributed by atoms with Gasteiger partial charge in [0.25, 0.3) is 0 Å². The number of aromatic nitrogens is 1. The van der Waals surface area contributed by atoms with Gasteiger partial charge in [0.15, 0.2) is 0 Å². The van der Waals surface area contributed by atoms with Crippen LogP contribution < -0.4 is 10.1 Å². The van der Waals surface area contributed by atoms with Gasteiger partial charge < -0.3 is 10.1 Å². The fourth-order valence-corrected chi connectivity index (χ4v) is 2.93. The van der Waals surface area contributed by atoms with Gasteiger partial charge in [-0.25, -0.2) is 4.98 Å². The Kier molecular flexibility index (Phi) is 4.56. The van der Waals surface area contributed by atoms with Crippen LogP contribution in [0.25, 0.3) is 11.3 Å². The summed E-state index contributed by atoms with van der Waals surface area (Å²) in [6, 6.07) is 6.18. The first-order valence-electron chi connectivity index (χ1n) is 6.40. The SMILES string of the molecule is CNCC(C)c1nc(-c2cc(C)ccc2OC)cs1. The molecule has 0 aliphatic carbocycles. The Balaban J connectivity index is 2.34. The summed E-state index contributed by atoms with van der Waals surface area (Å²) in [5.41, 5.74) is 3.29. The molecule has 2 rings (SSSR count). The number of benzene rings is 1. The number of aryl methyl sites for hydroxylation is 1. The highest BCUT2D eigenvalue weighted by Gasteiger charge is 2.13. The third-order valence-electron chi connectivity index (χ3n) is 3.08. The van der Waals surface area contributed by atoms with E-state index in [1.54, 1.807) is 18.4 Å². The van der Waals surface area contributed by atoms with E-state index in [-0.39, 0.29) is 0 Å². The minimum absolute atomic E-state index is 0.430. The monoisotopic (exact) mass is 276 g/mol. The van der Waals surface area contributed by atoms with Crippen LogP contribution in [0.1, 0.15) is 23.4 Å². The smallest absolute Gasteiger partial charge is 0.128 e. The number of nitrogens with zero attached hydrogens (tertiary/aromatic N) is 1. The van der Waals surface area contributed by atoms with Crippen molar-refractivity contribution in [2.75, 3.05) is 20.7 Å². The lowest BCUT2D eigenvalue weighted by Gasteiger charge is -2.08. The molecule has 0 fully saturated rings. The summed E-state index contributed by atoms with van der Waals surface area (Å²) >= 11 is 1.71. The average Bonchev–Trinajstić information content (AvgIpc) is 2.88. The van der Waals surface area contributed by atoms with Crippen LogP contribution in [-0.4, -0.2) is 25.7 Å². The second-order valence-electron chi connectivity index (χ2n) is 4.73. The molecule has 2 aromatic rings. The van der Waals surface area contributed by atoms with Gasteiger partial charge >= 0.3 is 0 Å². The van der Waals surface area contributed by atoms with Crippen LogP contribution in [0.5, 0.6) is 5.75 Å². The Morgan fingerprint density at radius 2 is 2.21 bits per heavy atom. The van der Waals surface area contributed by atoms with Gasteiger partial charge in [-0.3, -0.25) is 0 Å². The Hall–Kier alpha value is -1.39. The fraction of sp³-hybridized carbons (Fsp3) is 0.400. The molecule has 3 nitrogen and oxygen atoms in total. The third kappa shape index (κ3) is 3.14. The molecule has 4 heteroatoms. The van der Waals surface area contributed by atoms with E-state index in [2.05, 4.69) is 36.7 Å². The third-order valence-corrected chi connectivity index (χ3v) is 4.16. The Bertz CT molecular complexity index is 551. The second kappa shape index (κ2) is 6.17. The van der Waals surface area contributed by atoms with Crippen molar-refractivity contribution >= 4 is 11.3 Å². The minimum atomic E-state index is 0.430. The maximum Gasteiger partial charge on any atom is 0.128 e.